The zero-order valence-corrected chi connectivity index (χ0v) is 22.4. The molecule has 4 rings (SSSR count). The van der Waals surface area contributed by atoms with Gasteiger partial charge in [-0.25, -0.2) is 0 Å². The van der Waals surface area contributed by atoms with E-state index in [4.69, 9.17) is 4.74 Å². The van der Waals surface area contributed by atoms with Crippen LogP contribution in [0.5, 0.6) is 5.75 Å². The van der Waals surface area contributed by atoms with E-state index >= 15 is 0 Å². The highest BCUT2D eigenvalue weighted by Gasteiger charge is 2.22. The fraction of sp³-hybridized carbons (Fsp3) is 0.312. The molecule has 0 radical (unpaired) electrons. The Hall–Kier alpha value is -4.06. The predicted octanol–water partition coefficient (Wildman–Crippen LogP) is 5.62. The summed E-state index contributed by atoms with van der Waals surface area (Å²) in [5, 5.41) is 1.17. The van der Waals surface area contributed by atoms with Gasteiger partial charge in [0.25, 0.3) is 0 Å². The number of carbonyl (C=O) groups excluding carboxylic acids is 2. The van der Waals surface area contributed by atoms with Gasteiger partial charge >= 0.3 is 0 Å². The van der Waals surface area contributed by atoms with Crippen LogP contribution in [0.2, 0.25) is 0 Å². The van der Waals surface area contributed by atoms with Crippen LogP contribution >= 0.6 is 0 Å². The topological polar surface area (TPSA) is 65.6 Å². The molecule has 6 nitrogen and oxygen atoms in total. The number of nitrogens with zero attached hydrogens (tertiary/aromatic N) is 2. The van der Waals surface area contributed by atoms with Crippen LogP contribution in [0.1, 0.15) is 36.5 Å². The van der Waals surface area contributed by atoms with Gasteiger partial charge in [-0.05, 0) is 42.5 Å². The molecule has 0 aliphatic heterocycles. The minimum atomic E-state index is -0.0581. The zero-order valence-electron chi connectivity index (χ0n) is 22.4. The van der Waals surface area contributed by atoms with Crippen LogP contribution in [0.3, 0.4) is 0 Å². The van der Waals surface area contributed by atoms with Crippen molar-refractivity contribution in [2.45, 2.75) is 39.2 Å². The molecule has 4 aromatic rings. The smallest absolute Gasteiger partial charge is 0.242 e. The number of H-pyrrole nitrogens is 1. The molecule has 1 N–H and O–H groups in total. The van der Waals surface area contributed by atoms with Crippen molar-refractivity contribution in [1.29, 1.82) is 0 Å². The first-order chi connectivity index (χ1) is 18.6. The largest absolute Gasteiger partial charge is 0.496 e. The standard InChI is InChI=1S/C32H37N3O3/c1-3-20-34(31(36)18-17-25-11-5-4-6-12-25)24-32(37)35(23-27-13-7-10-16-30(27)38-2)21-19-26-22-33-29-15-9-8-14-28(26)29/h4-16,22,33H,3,17-21,23-24H2,1-2H3. The van der Waals surface area contributed by atoms with Crippen LogP contribution in [0.4, 0.5) is 0 Å². The van der Waals surface area contributed by atoms with Gasteiger partial charge in [0.1, 0.15) is 5.75 Å². The van der Waals surface area contributed by atoms with E-state index in [0.29, 0.717) is 38.9 Å². The molecule has 6 heteroatoms. The number of rotatable bonds is 13. The first-order valence-electron chi connectivity index (χ1n) is 13.4. The molecular weight excluding hydrogens is 474 g/mol. The third-order valence-corrected chi connectivity index (χ3v) is 6.88. The molecule has 3 aromatic carbocycles. The highest BCUT2D eigenvalue weighted by Crippen LogP contribution is 2.22. The van der Waals surface area contributed by atoms with E-state index in [1.54, 1.807) is 12.0 Å². The summed E-state index contributed by atoms with van der Waals surface area (Å²) in [5.41, 5.74) is 4.32. The number of aromatic amines is 1. The third kappa shape index (κ3) is 7.03. The van der Waals surface area contributed by atoms with Gasteiger partial charge in [-0.15, -0.1) is 0 Å². The fourth-order valence-electron chi connectivity index (χ4n) is 4.80. The number of aromatic nitrogens is 1. The van der Waals surface area contributed by atoms with Gasteiger partial charge in [0.2, 0.25) is 11.8 Å². The summed E-state index contributed by atoms with van der Waals surface area (Å²) in [6.07, 6.45) is 4.58. The van der Waals surface area contributed by atoms with Gasteiger partial charge in [0, 0.05) is 48.7 Å². The molecule has 0 fully saturated rings. The van der Waals surface area contributed by atoms with E-state index < -0.39 is 0 Å². The van der Waals surface area contributed by atoms with Crippen molar-refractivity contribution in [3.63, 3.8) is 0 Å². The second-order valence-electron chi connectivity index (χ2n) is 9.54. The minimum absolute atomic E-state index is 0.0120. The Morgan fingerprint density at radius 3 is 2.32 bits per heavy atom. The number of benzene rings is 3. The summed E-state index contributed by atoms with van der Waals surface area (Å²) in [5.74, 6) is 0.705. The fourth-order valence-corrected chi connectivity index (χ4v) is 4.80. The first-order valence-corrected chi connectivity index (χ1v) is 13.4. The van der Waals surface area contributed by atoms with E-state index in [1.807, 2.05) is 84.8 Å². The second-order valence-corrected chi connectivity index (χ2v) is 9.54. The lowest BCUT2D eigenvalue weighted by Gasteiger charge is -2.28. The normalized spacial score (nSPS) is 10.9. The van der Waals surface area contributed by atoms with Crippen molar-refractivity contribution in [1.82, 2.24) is 14.8 Å². The summed E-state index contributed by atoms with van der Waals surface area (Å²) in [7, 11) is 1.64. The molecule has 0 unspecified atom stereocenters. The summed E-state index contributed by atoms with van der Waals surface area (Å²) in [4.78, 5) is 33.8. The Bertz CT molecular complexity index is 1330. The quantitative estimate of drug-likeness (QED) is 0.253. The number of amides is 2. The van der Waals surface area contributed by atoms with E-state index in [-0.39, 0.29) is 18.4 Å². The first kappa shape index (κ1) is 27.0. The number of fused-ring (bicyclic) bond motifs is 1. The molecule has 0 aliphatic rings. The molecule has 1 heterocycles. The number of hydrogen-bond acceptors (Lipinski definition) is 3. The Morgan fingerprint density at radius 1 is 0.789 bits per heavy atom. The molecule has 0 saturated carbocycles. The SMILES string of the molecule is CCCN(CC(=O)N(CCc1c[nH]c2ccccc12)Cc1ccccc1OC)C(=O)CCc1ccccc1. The molecule has 0 spiro atoms. The lowest BCUT2D eigenvalue weighted by Crippen LogP contribution is -2.43. The van der Waals surface area contributed by atoms with E-state index in [1.165, 1.54) is 10.9 Å². The maximum absolute atomic E-state index is 13.7. The van der Waals surface area contributed by atoms with E-state index in [9.17, 15) is 9.59 Å². The highest BCUT2D eigenvalue weighted by atomic mass is 16.5. The molecule has 0 saturated heterocycles. The molecule has 0 aliphatic carbocycles. The predicted molar refractivity (Wildman–Crippen MR) is 152 cm³/mol. The van der Waals surface area contributed by atoms with Crippen LogP contribution in [0.25, 0.3) is 10.9 Å². The van der Waals surface area contributed by atoms with Crippen LogP contribution in [0, 0.1) is 0 Å². The summed E-state index contributed by atoms with van der Waals surface area (Å²) in [6, 6.07) is 26.0. The monoisotopic (exact) mass is 511 g/mol. The highest BCUT2D eigenvalue weighted by molar-refractivity contribution is 5.85. The zero-order chi connectivity index (χ0) is 26.7. The van der Waals surface area contributed by atoms with Gasteiger partial charge in [0.15, 0.2) is 0 Å². The molecule has 1 aromatic heterocycles. The second kappa shape index (κ2) is 13.5. The van der Waals surface area contributed by atoms with Crippen molar-refractivity contribution in [3.8, 4) is 5.75 Å². The van der Waals surface area contributed by atoms with E-state index in [0.717, 1.165) is 28.8 Å². The number of aryl methyl sites for hydroxylation is 1. The summed E-state index contributed by atoms with van der Waals surface area (Å²) >= 11 is 0. The average molecular weight is 512 g/mol. The van der Waals surface area contributed by atoms with Crippen LogP contribution < -0.4 is 4.74 Å². The van der Waals surface area contributed by atoms with Gasteiger partial charge in [-0.1, -0.05) is 73.7 Å². The molecule has 0 atom stereocenters. The van der Waals surface area contributed by atoms with Crippen LogP contribution in [-0.4, -0.2) is 53.3 Å². The maximum Gasteiger partial charge on any atom is 0.242 e. The van der Waals surface area contributed by atoms with Gasteiger partial charge in [0.05, 0.1) is 13.7 Å². The molecule has 198 valence electrons. The molecular formula is C32H37N3O3. The third-order valence-electron chi connectivity index (χ3n) is 6.88. The minimum Gasteiger partial charge on any atom is -0.496 e. The molecule has 38 heavy (non-hydrogen) atoms. The van der Waals surface area contributed by atoms with Crippen molar-refractivity contribution in [2.75, 3.05) is 26.7 Å². The Balaban J connectivity index is 1.49. The van der Waals surface area contributed by atoms with Crippen molar-refractivity contribution >= 4 is 22.7 Å². The Kier molecular flexibility index (Phi) is 9.57. The Morgan fingerprint density at radius 2 is 1.53 bits per heavy atom. The summed E-state index contributed by atoms with van der Waals surface area (Å²) in [6.45, 7) is 3.63. The lowest BCUT2D eigenvalue weighted by atomic mass is 10.1. The van der Waals surface area contributed by atoms with E-state index in [2.05, 4.69) is 17.1 Å². The number of para-hydroxylation sites is 2. The number of carbonyl (C=O) groups is 2. The van der Waals surface area contributed by atoms with Crippen molar-refractivity contribution < 1.29 is 14.3 Å². The maximum atomic E-state index is 13.7. The van der Waals surface area contributed by atoms with Crippen LogP contribution in [0.15, 0.2) is 85.1 Å². The lowest BCUT2D eigenvalue weighted by molar-refractivity contribution is -0.140. The Labute approximate surface area is 225 Å². The summed E-state index contributed by atoms with van der Waals surface area (Å²) < 4.78 is 5.56. The van der Waals surface area contributed by atoms with Crippen molar-refractivity contribution in [3.05, 3.63) is 102 Å². The van der Waals surface area contributed by atoms with Crippen LogP contribution in [-0.2, 0) is 29.0 Å². The number of nitrogens with one attached hydrogen (secondary N) is 1. The van der Waals surface area contributed by atoms with Gasteiger partial charge < -0.3 is 19.5 Å². The number of methoxy groups -OCH3 is 1. The van der Waals surface area contributed by atoms with Gasteiger partial charge in [-0.2, -0.15) is 0 Å². The van der Waals surface area contributed by atoms with Crippen molar-refractivity contribution in [2.24, 2.45) is 0 Å². The number of ether oxygens (including phenoxy) is 1. The number of hydrogen-bond donors (Lipinski definition) is 1. The van der Waals surface area contributed by atoms with Gasteiger partial charge in [-0.3, -0.25) is 9.59 Å². The molecule has 2 amide bonds. The average Bonchev–Trinajstić information content (AvgIpc) is 3.37. The molecule has 0 bridgehead atoms.